The Labute approximate surface area is 104 Å². The molecule has 0 radical (unpaired) electrons. The summed E-state index contributed by atoms with van der Waals surface area (Å²) in [7, 11) is 0. The third-order valence-electron chi connectivity index (χ3n) is 2.92. The molecule has 88 valence electrons. The molecule has 1 aliphatic carbocycles. The number of aryl methyl sites for hydroxylation is 1. The standard InChI is InChI=1S/C12H14N4S/c1-7-11(17-12(13)15-7)9-4-5-14-10(16-9)6-8-2-3-8/h4-5,8H,2-3,6H2,1H3,(H2,13,15). The molecule has 2 aromatic heterocycles. The van der Waals surface area contributed by atoms with E-state index in [2.05, 4.69) is 15.0 Å². The van der Waals surface area contributed by atoms with Crippen LogP contribution in [-0.2, 0) is 6.42 Å². The van der Waals surface area contributed by atoms with E-state index in [1.165, 1.54) is 24.2 Å². The summed E-state index contributed by atoms with van der Waals surface area (Å²) >= 11 is 1.49. The third kappa shape index (κ3) is 2.29. The van der Waals surface area contributed by atoms with Gasteiger partial charge in [-0.1, -0.05) is 11.3 Å². The van der Waals surface area contributed by atoms with Crippen LogP contribution in [-0.4, -0.2) is 15.0 Å². The Balaban J connectivity index is 1.93. The average Bonchev–Trinajstić information content (AvgIpc) is 3.03. The van der Waals surface area contributed by atoms with Crippen LogP contribution in [0.5, 0.6) is 0 Å². The molecule has 0 aromatic carbocycles. The normalized spacial score (nSPS) is 15.1. The number of hydrogen-bond acceptors (Lipinski definition) is 5. The van der Waals surface area contributed by atoms with Gasteiger partial charge >= 0.3 is 0 Å². The van der Waals surface area contributed by atoms with Crippen molar-refractivity contribution in [3.63, 3.8) is 0 Å². The van der Waals surface area contributed by atoms with Crippen LogP contribution in [0.25, 0.3) is 10.6 Å². The predicted molar refractivity (Wildman–Crippen MR) is 68.7 cm³/mol. The van der Waals surface area contributed by atoms with Crippen molar-refractivity contribution in [2.24, 2.45) is 5.92 Å². The van der Waals surface area contributed by atoms with Crippen molar-refractivity contribution < 1.29 is 0 Å². The topological polar surface area (TPSA) is 64.7 Å². The number of nitrogen functional groups attached to an aromatic ring is 1. The van der Waals surface area contributed by atoms with Gasteiger partial charge in [0.15, 0.2) is 5.13 Å². The van der Waals surface area contributed by atoms with Crippen molar-refractivity contribution in [2.45, 2.75) is 26.2 Å². The van der Waals surface area contributed by atoms with Crippen LogP contribution in [0.3, 0.4) is 0 Å². The summed E-state index contributed by atoms with van der Waals surface area (Å²) in [5.41, 5.74) is 7.60. The molecule has 0 bridgehead atoms. The summed E-state index contributed by atoms with van der Waals surface area (Å²) in [4.78, 5) is 14.2. The van der Waals surface area contributed by atoms with Crippen molar-refractivity contribution in [3.8, 4) is 10.6 Å². The van der Waals surface area contributed by atoms with Gasteiger partial charge in [-0.25, -0.2) is 15.0 Å². The highest BCUT2D eigenvalue weighted by Crippen LogP contribution is 2.33. The highest BCUT2D eigenvalue weighted by Gasteiger charge is 2.23. The summed E-state index contributed by atoms with van der Waals surface area (Å²) < 4.78 is 0. The molecule has 1 saturated carbocycles. The second-order valence-corrected chi connectivity index (χ2v) is 5.50. The number of thiazole rings is 1. The van der Waals surface area contributed by atoms with Crippen LogP contribution < -0.4 is 5.73 Å². The van der Waals surface area contributed by atoms with E-state index in [4.69, 9.17) is 5.73 Å². The van der Waals surface area contributed by atoms with Gasteiger partial charge in [0, 0.05) is 12.6 Å². The summed E-state index contributed by atoms with van der Waals surface area (Å²) in [5, 5.41) is 0.597. The molecular formula is C12H14N4S. The first-order chi connectivity index (χ1) is 8.22. The van der Waals surface area contributed by atoms with Gasteiger partial charge in [0.05, 0.1) is 16.3 Å². The minimum absolute atomic E-state index is 0.597. The highest BCUT2D eigenvalue weighted by atomic mass is 32.1. The Morgan fingerprint density at radius 2 is 2.24 bits per heavy atom. The quantitative estimate of drug-likeness (QED) is 0.903. The largest absolute Gasteiger partial charge is 0.375 e. The Morgan fingerprint density at radius 1 is 1.41 bits per heavy atom. The van der Waals surface area contributed by atoms with Gasteiger partial charge in [-0.3, -0.25) is 0 Å². The molecule has 0 aliphatic heterocycles. The van der Waals surface area contributed by atoms with E-state index in [9.17, 15) is 0 Å². The van der Waals surface area contributed by atoms with Crippen molar-refractivity contribution in [2.75, 3.05) is 5.73 Å². The predicted octanol–water partition coefficient (Wildman–Crippen LogP) is 2.44. The summed E-state index contributed by atoms with van der Waals surface area (Å²) in [6, 6.07) is 1.93. The lowest BCUT2D eigenvalue weighted by Gasteiger charge is -2.01. The minimum atomic E-state index is 0.597. The van der Waals surface area contributed by atoms with Gasteiger partial charge in [0.25, 0.3) is 0 Å². The van der Waals surface area contributed by atoms with Crippen LogP contribution in [0.1, 0.15) is 24.4 Å². The zero-order valence-corrected chi connectivity index (χ0v) is 10.5. The van der Waals surface area contributed by atoms with E-state index < -0.39 is 0 Å². The molecule has 4 nitrogen and oxygen atoms in total. The Hall–Kier alpha value is -1.49. The van der Waals surface area contributed by atoms with Gasteiger partial charge in [-0.15, -0.1) is 0 Å². The first kappa shape index (κ1) is 10.7. The number of rotatable bonds is 3. The smallest absolute Gasteiger partial charge is 0.180 e. The maximum atomic E-state index is 5.71. The first-order valence-corrected chi connectivity index (χ1v) is 6.59. The van der Waals surface area contributed by atoms with Crippen LogP contribution in [0.4, 0.5) is 5.13 Å². The Kier molecular flexibility index (Phi) is 2.55. The second kappa shape index (κ2) is 4.07. The SMILES string of the molecule is Cc1nc(N)sc1-c1ccnc(CC2CC2)n1. The highest BCUT2D eigenvalue weighted by molar-refractivity contribution is 7.18. The minimum Gasteiger partial charge on any atom is -0.375 e. The van der Waals surface area contributed by atoms with Crippen LogP contribution in [0.2, 0.25) is 0 Å². The number of aromatic nitrogens is 3. The van der Waals surface area contributed by atoms with Gasteiger partial charge in [-0.2, -0.15) is 0 Å². The molecule has 0 atom stereocenters. The Morgan fingerprint density at radius 3 is 2.88 bits per heavy atom. The molecule has 2 aromatic rings. The monoisotopic (exact) mass is 246 g/mol. The van der Waals surface area contributed by atoms with Crippen LogP contribution in [0.15, 0.2) is 12.3 Å². The summed E-state index contributed by atoms with van der Waals surface area (Å²) in [6.45, 7) is 1.96. The molecule has 2 heterocycles. The molecule has 1 aliphatic rings. The fraction of sp³-hybridized carbons (Fsp3) is 0.417. The molecule has 0 unspecified atom stereocenters. The fourth-order valence-corrected chi connectivity index (χ4v) is 2.66. The Bertz CT molecular complexity index is 545. The van der Waals surface area contributed by atoms with Crippen molar-refractivity contribution >= 4 is 16.5 Å². The van der Waals surface area contributed by atoms with Gasteiger partial charge in [0.1, 0.15) is 5.82 Å². The maximum Gasteiger partial charge on any atom is 0.180 e. The lowest BCUT2D eigenvalue weighted by Crippen LogP contribution is -1.97. The third-order valence-corrected chi connectivity index (χ3v) is 3.93. The zero-order valence-electron chi connectivity index (χ0n) is 9.68. The number of nitrogens with two attached hydrogens (primary N) is 1. The van der Waals surface area contributed by atoms with Crippen molar-refractivity contribution in [3.05, 3.63) is 23.8 Å². The van der Waals surface area contributed by atoms with E-state index in [1.807, 2.05) is 19.2 Å². The molecule has 2 N–H and O–H groups in total. The second-order valence-electron chi connectivity index (χ2n) is 4.47. The maximum absolute atomic E-state index is 5.71. The summed E-state index contributed by atoms with van der Waals surface area (Å²) in [5.74, 6) is 1.74. The van der Waals surface area contributed by atoms with E-state index in [1.54, 1.807) is 0 Å². The molecule has 0 amide bonds. The number of nitrogens with zero attached hydrogens (tertiary/aromatic N) is 3. The van der Waals surface area contributed by atoms with E-state index in [0.717, 1.165) is 34.4 Å². The molecule has 0 spiro atoms. The van der Waals surface area contributed by atoms with E-state index in [-0.39, 0.29) is 0 Å². The van der Waals surface area contributed by atoms with Gasteiger partial charge in [-0.05, 0) is 31.7 Å². The lowest BCUT2D eigenvalue weighted by atomic mass is 10.2. The van der Waals surface area contributed by atoms with Crippen molar-refractivity contribution in [1.29, 1.82) is 0 Å². The number of hydrogen-bond donors (Lipinski definition) is 1. The summed E-state index contributed by atoms with van der Waals surface area (Å²) in [6.07, 6.45) is 5.47. The van der Waals surface area contributed by atoms with Gasteiger partial charge in [0.2, 0.25) is 0 Å². The average molecular weight is 246 g/mol. The molecule has 5 heteroatoms. The first-order valence-electron chi connectivity index (χ1n) is 5.77. The van der Waals surface area contributed by atoms with Gasteiger partial charge < -0.3 is 5.73 Å². The van der Waals surface area contributed by atoms with Crippen LogP contribution >= 0.6 is 11.3 Å². The van der Waals surface area contributed by atoms with E-state index in [0.29, 0.717) is 5.13 Å². The molecular weight excluding hydrogens is 232 g/mol. The molecule has 0 saturated heterocycles. The molecule has 17 heavy (non-hydrogen) atoms. The number of anilines is 1. The lowest BCUT2D eigenvalue weighted by molar-refractivity contribution is 0.771. The molecule has 1 fully saturated rings. The van der Waals surface area contributed by atoms with Crippen molar-refractivity contribution in [1.82, 2.24) is 15.0 Å². The molecule has 3 rings (SSSR count). The van der Waals surface area contributed by atoms with Crippen LogP contribution in [0, 0.1) is 12.8 Å². The van der Waals surface area contributed by atoms with E-state index >= 15 is 0 Å². The fourth-order valence-electron chi connectivity index (χ4n) is 1.86. The zero-order chi connectivity index (χ0) is 11.8.